The number of carbonyl (C=O) groups is 1. The van der Waals surface area contributed by atoms with E-state index in [0.29, 0.717) is 17.8 Å². The predicted molar refractivity (Wildman–Crippen MR) is 106 cm³/mol. The van der Waals surface area contributed by atoms with E-state index in [1.165, 1.54) is 19.3 Å². The normalized spacial score (nSPS) is 14.1. The van der Waals surface area contributed by atoms with E-state index >= 15 is 0 Å². The van der Waals surface area contributed by atoms with Crippen molar-refractivity contribution in [3.63, 3.8) is 0 Å². The number of anilines is 2. The molecule has 0 aliphatic carbocycles. The quantitative estimate of drug-likeness (QED) is 0.755. The summed E-state index contributed by atoms with van der Waals surface area (Å²) in [6, 6.07) is 13.4. The molecule has 0 bridgehead atoms. The lowest BCUT2D eigenvalue weighted by atomic mass is 10.1. The van der Waals surface area contributed by atoms with Gasteiger partial charge in [-0.1, -0.05) is 12.1 Å². The molecule has 1 fully saturated rings. The van der Waals surface area contributed by atoms with Gasteiger partial charge in [-0.25, -0.2) is 4.98 Å². The highest BCUT2D eigenvalue weighted by Crippen LogP contribution is 2.19. The average Bonchev–Trinajstić information content (AvgIpc) is 3.23. The van der Waals surface area contributed by atoms with Crippen LogP contribution in [0.4, 0.5) is 11.5 Å². The fourth-order valence-corrected chi connectivity index (χ4v) is 3.32. The number of nitrogens with zero attached hydrogens (tertiary/aromatic N) is 4. The van der Waals surface area contributed by atoms with Crippen LogP contribution >= 0.6 is 0 Å². The number of pyridine rings is 1. The van der Waals surface area contributed by atoms with Crippen LogP contribution in [0.5, 0.6) is 0 Å². The first-order chi connectivity index (χ1) is 13.3. The maximum atomic E-state index is 12.5. The molecular weight excluding hydrogens is 338 g/mol. The van der Waals surface area contributed by atoms with Gasteiger partial charge in [-0.2, -0.15) is 5.10 Å². The molecule has 1 aromatic carbocycles. The average molecular weight is 361 g/mol. The molecule has 1 aliphatic rings. The Balaban J connectivity index is 1.36. The number of amides is 1. The van der Waals surface area contributed by atoms with Gasteiger partial charge < -0.3 is 10.2 Å². The van der Waals surface area contributed by atoms with E-state index in [0.717, 1.165) is 24.5 Å². The summed E-state index contributed by atoms with van der Waals surface area (Å²) in [5.74, 6) is 0.851. The molecule has 2 aromatic heterocycles. The smallest absolute Gasteiger partial charge is 0.255 e. The molecule has 1 amide bonds. The molecule has 0 atom stereocenters. The Labute approximate surface area is 158 Å². The minimum atomic E-state index is -0.131. The van der Waals surface area contributed by atoms with Crippen molar-refractivity contribution in [2.75, 3.05) is 23.3 Å². The Bertz CT molecular complexity index is 866. The van der Waals surface area contributed by atoms with Gasteiger partial charge in [0.15, 0.2) is 0 Å². The van der Waals surface area contributed by atoms with Crippen molar-refractivity contribution >= 4 is 17.4 Å². The number of hydrogen-bond acceptors (Lipinski definition) is 4. The Morgan fingerprint density at radius 2 is 1.85 bits per heavy atom. The van der Waals surface area contributed by atoms with Gasteiger partial charge in [-0.05, 0) is 55.2 Å². The van der Waals surface area contributed by atoms with Crippen LogP contribution in [0, 0.1) is 0 Å². The van der Waals surface area contributed by atoms with Crippen LogP contribution in [-0.2, 0) is 6.54 Å². The number of carbonyl (C=O) groups excluding carboxylic acids is 1. The lowest BCUT2D eigenvalue weighted by molar-refractivity contribution is 0.102. The zero-order valence-electron chi connectivity index (χ0n) is 15.2. The highest BCUT2D eigenvalue weighted by molar-refractivity contribution is 6.04. The second kappa shape index (κ2) is 8.03. The first kappa shape index (κ1) is 17.3. The Kier molecular flexibility index (Phi) is 5.14. The summed E-state index contributed by atoms with van der Waals surface area (Å²) in [5, 5.41) is 7.11. The summed E-state index contributed by atoms with van der Waals surface area (Å²) < 4.78 is 1.85. The first-order valence-electron chi connectivity index (χ1n) is 9.37. The van der Waals surface area contributed by atoms with Gasteiger partial charge in [0.05, 0.1) is 18.4 Å². The molecule has 6 nitrogen and oxygen atoms in total. The van der Waals surface area contributed by atoms with Crippen LogP contribution in [0.15, 0.2) is 61.1 Å². The second-order valence-corrected chi connectivity index (χ2v) is 6.81. The maximum absolute atomic E-state index is 12.5. The van der Waals surface area contributed by atoms with Crippen molar-refractivity contribution in [3.8, 4) is 0 Å². The molecule has 138 valence electrons. The zero-order chi connectivity index (χ0) is 18.5. The van der Waals surface area contributed by atoms with Crippen molar-refractivity contribution in [2.45, 2.75) is 25.8 Å². The molecule has 1 aliphatic heterocycles. The molecule has 0 spiro atoms. The highest BCUT2D eigenvalue weighted by Gasteiger charge is 2.12. The number of rotatable bonds is 5. The van der Waals surface area contributed by atoms with Gasteiger partial charge in [-0.15, -0.1) is 0 Å². The van der Waals surface area contributed by atoms with Gasteiger partial charge in [0, 0.05) is 31.0 Å². The molecule has 4 rings (SSSR count). The summed E-state index contributed by atoms with van der Waals surface area (Å²) in [6.07, 6.45) is 9.14. The SMILES string of the molecule is O=C(Nc1ccc(N2CCCCC2)nc1)c1ccc(Cn2cccn2)cc1. The third-order valence-electron chi connectivity index (χ3n) is 4.81. The molecule has 0 unspecified atom stereocenters. The van der Waals surface area contributed by atoms with Crippen molar-refractivity contribution in [1.29, 1.82) is 0 Å². The Morgan fingerprint density at radius 1 is 1.04 bits per heavy atom. The topological polar surface area (TPSA) is 63.1 Å². The first-order valence-corrected chi connectivity index (χ1v) is 9.37. The zero-order valence-corrected chi connectivity index (χ0v) is 15.2. The minimum Gasteiger partial charge on any atom is -0.357 e. The molecule has 1 N–H and O–H groups in total. The van der Waals surface area contributed by atoms with E-state index in [2.05, 4.69) is 20.3 Å². The highest BCUT2D eigenvalue weighted by atomic mass is 16.1. The van der Waals surface area contributed by atoms with E-state index < -0.39 is 0 Å². The number of nitrogens with one attached hydrogen (secondary N) is 1. The third-order valence-corrected chi connectivity index (χ3v) is 4.81. The van der Waals surface area contributed by atoms with Crippen molar-refractivity contribution in [3.05, 3.63) is 72.2 Å². The van der Waals surface area contributed by atoms with Crippen LogP contribution in [-0.4, -0.2) is 33.8 Å². The standard InChI is InChI=1S/C21H23N5O/c27-21(18-7-5-17(6-8-18)16-26-14-4-11-23-26)24-19-9-10-20(22-15-19)25-12-2-1-3-13-25/h4-11,14-15H,1-3,12-13,16H2,(H,24,27). The molecule has 27 heavy (non-hydrogen) atoms. The largest absolute Gasteiger partial charge is 0.357 e. The van der Waals surface area contributed by atoms with E-state index in [4.69, 9.17) is 0 Å². The molecule has 0 saturated carbocycles. The summed E-state index contributed by atoms with van der Waals surface area (Å²) >= 11 is 0. The minimum absolute atomic E-state index is 0.131. The molecule has 3 heterocycles. The van der Waals surface area contributed by atoms with E-state index in [1.54, 1.807) is 12.4 Å². The summed E-state index contributed by atoms with van der Waals surface area (Å²) in [6.45, 7) is 2.81. The van der Waals surface area contributed by atoms with Crippen LogP contribution in [0.25, 0.3) is 0 Å². The van der Waals surface area contributed by atoms with Crippen LogP contribution in [0.3, 0.4) is 0 Å². The summed E-state index contributed by atoms with van der Waals surface area (Å²) in [7, 11) is 0. The molecule has 6 heteroatoms. The van der Waals surface area contributed by atoms with E-state index in [-0.39, 0.29) is 5.91 Å². The van der Waals surface area contributed by atoms with Gasteiger partial charge in [0.1, 0.15) is 5.82 Å². The lowest BCUT2D eigenvalue weighted by Crippen LogP contribution is -2.30. The molecule has 0 radical (unpaired) electrons. The number of piperidine rings is 1. The monoisotopic (exact) mass is 361 g/mol. The van der Waals surface area contributed by atoms with Crippen molar-refractivity contribution in [1.82, 2.24) is 14.8 Å². The van der Waals surface area contributed by atoms with Gasteiger partial charge in [-0.3, -0.25) is 9.48 Å². The van der Waals surface area contributed by atoms with Gasteiger partial charge in [0.2, 0.25) is 0 Å². The lowest BCUT2D eigenvalue weighted by Gasteiger charge is -2.27. The summed E-state index contributed by atoms with van der Waals surface area (Å²) in [4.78, 5) is 19.3. The number of aromatic nitrogens is 3. The van der Waals surface area contributed by atoms with E-state index in [1.807, 2.05) is 53.3 Å². The van der Waals surface area contributed by atoms with Crippen LogP contribution < -0.4 is 10.2 Å². The van der Waals surface area contributed by atoms with Crippen LogP contribution in [0.1, 0.15) is 35.2 Å². The van der Waals surface area contributed by atoms with Gasteiger partial charge in [0.25, 0.3) is 5.91 Å². The summed E-state index contributed by atoms with van der Waals surface area (Å²) in [5.41, 5.74) is 2.43. The third kappa shape index (κ3) is 4.34. The van der Waals surface area contributed by atoms with Crippen LogP contribution in [0.2, 0.25) is 0 Å². The van der Waals surface area contributed by atoms with Gasteiger partial charge >= 0.3 is 0 Å². The number of benzene rings is 1. The fourth-order valence-electron chi connectivity index (χ4n) is 3.32. The number of hydrogen-bond donors (Lipinski definition) is 1. The molecule has 3 aromatic rings. The fraction of sp³-hybridized carbons (Fsp3) is 0.286. The Hall–Kier alpha value is -3.15. The maximum Gasteiger partial charge on any atom is 0.255 e. The van der Waals surface area contributed by atoms with Crippen molar-refractivity contribution in [2.24, 2.45) is 0 Å². The Morgan fingerprint density at radius 3 is 2.52 bits per heavy atom. The molecule has 1 saturated heterocycles. The van der Waals surface area contributed by atoms with Crippen molar-refractivity contribution < 1.29 is 4.79 Å². The second-order valence-electron chi connectivity index (χ2n) is 6.81. The van der Waals surface area contributed by atoms with E-state index in [9.17, 15) is 4.79 Å². The molecular formula is C21H23N5O. The predicted octanol–water partition coefficient (Wildman–Crippen LogP) is 3.57.